The number of carbonyl (C=O) groups excluding carboxylic acids is 1. The lowest BCUT2D eigenvalue weighted by Crippen LogP contribution is -2.45. The molecule has 66 valence electrons. The number of alkyl halides is 1. The second-order valence-corrected chi connectivity index (χ2v) is 4.13. The topological polar surface area (TPSA) is 29.1 Å². The Kier molecular flexibility index (Phi) is 4.93. The van der Waals surface area contributed by atoms with Crippen molar-refractivity contribution in [2.75, 3.05) is 17.9 Å². The molecule has 0 radical (unpaired) electrons. The molecule has 0 aromatic carbocycles. The van der Waals surface area contributed by atoms with Gasteiger partial charge in [0.2, 0.25) is 5.91 Å². The number of hydrogen-bond acceptors (Lipinski definition) is 2. The van der Waals surface area contributed by atoms with Crippen LogP contribution in [0, 0.1) is 0 Å². The molecule has 0 heterocycles. The van der Waals surface area contributed by atoms with Crippen LogP contribution in [-0.4, -0.2) is 29.3 Å². The number of amides is 1. The quantitative estimate of drug-likeness (QED) is 0.689. The number of nitrogens with one attached hydrogen (secondary N) is 1. The van der Waals surface area contributed by atoms with E-state index in [1.807, 2.05) is 20.1 Å². The highest BCUT2D eigenvalue weighted by Crippen LogP contribution is 2.04. The van der Waals surface area contributed by atoms with Gasteiger partial charge in [-0.25, -0.2) is 0 Å². The minimum Gasteiger partial charge on any atom is -0.349 e. The molecule has 1 amide bonds. The van der Waals surface area contributed by atoms with Gasteiger partial charge in [0.15, 0.2) is 0 Å². The number of carbonyl (C=O) groups is 1. The van der Waals surface area contributed by atoms with Gasteiger partial charge in [0.1, 0.15) is 0 Å². The van der Waals surface area contributed by atoms with Crippen LogP contribution in [0.5, 0.6) is 0 Å². The Balaban J connectivity index is 3.74. The van der Waals surface area contributed by atoms with Crippen LogP contribution >= 0.6 is 23.4 Å². The summed E-state index contributed by atoms with van der Waals surface area (Å²) in [5.74, 6) is 0.983. The summed E-state index contributed by atoms with van der Waals surface area (Å²) in [6, 6.07) is 0. The highest BCUT2D eigenvalue weighted by molar-refractivity contribution is 7.99. The molecule has 0 spiro atoms. The maximum atomic E-state index is 11.0. The SMILES string of the molecule is CSCC(=O)NC(C)(C)CCl. The van der Waals surface area contributed by atoms with Gasteiger partial charge in [-0.15, -0.1) is 11.6 Å². The average molecular weight is 196 g/mol. The summed E-state index contributed by atoms with van der Waals surface area (Å²) in [4.78, 5) is 11.0. The third-order valence-electron chi connectivity index (χ3n) is 1.09. The van der Waals surface area contributed by atoms with Crippen molar-refractivity contribution < 1.29 is 4.79 Å². The third kappa shape index (κ3) is 5.39. The molecule has 0 aliphatic carbocycles. The monoisotopic (exact) mass is 195 g/mol. The summed E-state index contributed by atoms with van der Waals surface area (Å²) in [5, 5.41) is 2.82. The van der Waals surface area contributed by atoms with Crippen molar-refractivity contribution in [3.63, 3.8) is 0 Å². The summed E-state index contributed by atoms with van der Waals surface area (Å²) >= 11 is 7.12. The van der Waals surface area contributed by atoms with Gasteiger partial charge in [0, 0.05) is 11.4 Å². The molecule has 11 heavy (non-hydrogen) atoms. The van der Waals surface area contributed by atoms with Crippen molar-refractivity contribution in [1.29, 1.82) is 0 Å². The average Bonchev–Trinajstić information content (AvgIpc) is 1.87. The van der Waals surface area contributed by atoms with Crippen LogP contribution in [-0.2, 0) is 4.79 Å². The Hall–Kier alpha value is 0.110. The Morgan fingerprint density at radius 2 is 2.18 bits per heavy atom. The Labute approximate surface area is 77.1 Å². The van der Waals surface area contributed by atoms with Gasteiger partial charge in [-0.05, 0) is 20.1 Å². The van der Waals surface area contributed by atoms with E-state index in [0.29, 0.717) is 11.6 Å². The van der Waals surface area contributed by atoms with E-state index in [9.17, 15) is 4.79 Å². The van der Waals surface area contributed by atoms with E-state index in [0.717, 1.165) is 0 Å². The van der Waals surface area contributed by atoms with E-state index < -0.39 is 0 Å². The highest BCUT2D eigenvalue weighted by atomic mass is 35.5. The number of halogens is 1. The molecule has 0 unspecified atom stereocenters. The van der Waals surface area contributed by atoms with Gasteiger partial charge < -0.3 is 5.32 Å². The minimum atomic E-state index is -0.283. The molecule has 0 saturated heterocycles. The lowest BCUT2D eigenvalue weighted by molar-refractivity contribution is -0.119. The number of thioether (sulfide) groups is 1. The molecule has 0 aliphatic rings. The molecule has 1 N–H and O–H groups in total. The van der Waals surface area contributed by atoms with Gasteiger partial charge in [-0.3, -0.25) is 4.79 Å². The molecule has 0 bridgehead atoms. The Bertz CT molecular complexity index is 138. The van der Waals surface area contributed by atoms with Gasteiger partial charge in [0.05, 0.1) is 5.75 Å². The van der Waals surface area contributed by atoms with E-state index in [4.69, 9.17) is 11.6 Å². The first kappa shape index (κ1) is 11.1. The van der Waals surface area contributed by atoms with Crippen LogP contribution in [0.2, 0.25) is 0 Å². The molecule has 0 aliphatic heterocycles. The fourth-order valence-corrected chi connectivity index (χ4v) is 0.979. The molecular formula is C7H14ClNOS. The fraction of sp³-hybridized carbons (Fsp3) is 0.857. The van der Waals surface area contributed by atoms with Crippen LogP contribution in [0.15, 0.2) is 0 Å². The molecule has 0 aromatic heterocycles. The van der Waals surface area contributed by atoms with Gasteiger partial charge in [-0.2, -0.15) is 11.8 Å². The number of rotatable bonds is 4. The Morgan fingerprint density at radius 3 is 2.55 bits per heavy atom. The molecular weight excluding hydrogens is 182 g/mol. The first-order chi connectivity index (χ1) is 5.02. The second-order valence-electron chi connectivity index (χ2n) is 3.00. The van der Waals surface area contributed by atoms with E-state index in [-0.39, 0.29) is 11.4 Å². The maximum absolute atomic E-state index is 11.0. The largest absolute Gasteiger partial charge is 0.349 e. The molecule has 0 fully saturated rings. The van der Waals surface area contributed by atoms with Crippen LogP contribution in [0.3, 0.4) is 0 Å². The summed E-state index contributed by atoms with van der Waals surface area (Å²) in [6.45, 7) is 3.80. The summed E-state index contributed by atoms with van der Waals surface area (Å²) in [7, 11) is 0. The zero-order valence-corrected chi connectivity index (χ0v) is 8.68. The van der Waals surface area contributed by atoms with E-state index >= 15 is 0 Å². The van der Waals surface area contributed by atoms with E-state index in [1.165, 1.54) is 11.8 Å². The van der Waals surface area contributed by atoms with Crippen LogP contribution < -0.4 is 5.32 Å². The molecule has 0 saturated carbocycles. The van der Waals surface area contributed by atoms with Crippen molar-refractivity contribution in [1.82, 2.24) is 5.32 Å². The summed E-state index contributed by atoms with van der Waals surface area (Å²) < 4.78 is 0. The van der Waals surface area contributed by atoms with Crippen LogP contribution in [0.1, 0.15) is 13.8 Å². The Morgan fingerprint density at radius 1 is 1.64 bits per heavy atom. The standard InChI is InChI=1S/C7H14ClNOS/c1-7(2,5-8)9-6(10)4-11-3/h4-5H2,1-3H3,(H,9,10). The van der Waals surface area contributed by atoms with Crippen molar-refractivity contribution in [2.24, 2.45) is 0 Å². The predicted molar refractivity (Wildman–Crippen MR) is 51.3 cm³/mol. The second kappa shape index (κ2) is 4.88. The lowest BCUT2D eigenvalue weighted by Gasteiger charge is -2.22. The summed E-state index contributed by atoms with van der Waals surface area (Å²) in [6.07, 6.45) is 1.90. The zero-order valence-electron chi connectivity index (χ0n) is 7.11. The summed E-state index contributed by atoms with van der Waals surface area (Å²) in [5.41, 5.74) is -0.283. The minimum absolute atomic E-state index is 0.0446. The van der Waals surface area contributed by atoms with E-state index in [2.05, 4.69) is 5.32 Å². The molecule has 0 aromatic rings. The van der Waals surface area contributed by atoms with Gasteiger partial charge in [0.25, 0.3) is 0 Å². The molecule has 0 atom stereocenters. The highest BCUT2D eigenvalue weighted by Gasteiger charge is 2.17. The third-order valence-corrected chi connectivity index (χ3v) is 2.31. The number of hydrogen-bond donors (Lipinski definition) is 1. The lowest BCUT2D eigenvalue weighted by atomic mass is 10.1. The van der Waals surface area contributed by atoms with Crippen molar-refractivity contribution in [3.05, 3.63) is 0 Å². The van der Waals surface area contributed by atoms with Crippen LogP contribution in [0.4, 0.5) is 0 Å². The van der Waals surface area contributed by atoms with E-state index in [1.54, 1.807) is 0 Å². The normalized spacial score (nSPS) is 11.3. The first-order valence-electron chi connectivity index (χ1n) is 3.38. The van der Waals surface area contributed by atoms with Crippen molar-refractivity contribution >= 4 is 29.3 Å². The zero-order chi connectivity index (χ0) is 8.91. The van der Waals surface area contributed by atoms with Gasteiger partial charge in [-0.1, -0.05) is 0 Å². The predicted octanol–water partition coefficient (Wildman–Crippen LogP) is 1.48. The van der Waals surface area contributed by atoms with Crippen molar-refractivity contribution in [2.45, 2.75) is 19.4 Å². The van der Waals surface area contributed by atoms with Gasteiger partial charge >= 0.3 is 0 Å². The smallest absolute Gasteiger partial charge is 0.230 e. The fourth-order valence-electron chi connectivity index (χ4n) is 0.578. The molecule has 4 heteroatoms. The first-order valence-corrected chi connectivity index (χ1v) is 5.30. The van der Waals surface area contributed by atoms with Crippen molar-refractivity contribution in [3.8, 4) is 0 Å². The van der Waals surface area contributed by atoms with Crippen LogP contribution in [0.25, 0.3) is 0 Å². The molecule has 0 rings (SSSR count). The maximum Gasteiger partial charge on any atom is 0.230 e. The molecule has 2 nitrogen and oxygen atoms in total.